The van der Waals surface area contributed by atoms with Crippen molar-refractivity contribution in [2.75, 3.05) is 19.7 Å². The molecule has 2 bridgehead atoms. The summed E-state index contributed by atoms with van der Waals surface area (Å²) in [5, 5.41) is 9.98. The second-order valence-electron chi connectivity index (χ2n) is 9.00. The molecule has 2 fully saturated rings. The number of aryl methyl sites for hydroxylation is 1. The molecule has 3 atom stereocenters. The van der Waals surface area contributed by atoms with Crippen LogP contribution in [0.1, 0.15) is 42.4 Å². The van der Waals surface area contributed by atoms with E-state index in [-0.39, 0.29) is 18.1 Å². The summed E-state index contributed by atoms with van der Waals surface area (Å²) in [7, 11) is 0. The predicted octanol–water partition coefficient (Wildman–Crippen LogP) is 3.28. The molecule has 3 heteroatoms. The standard InChI is InChI=1S/C23H27NO2/c1-14-5-6-16-11-19-18-8-7-17(13-25)22-23(18,20(16)21(14)26-22)9-10-24(19)12-15-3-2-4-15/h5-8,15,19,22,25H,2-4,9-13H2,1H3/t19-,22+,23+/m0/s1. The first-order chi connectivity index (χ1) is 12.7. The SMILES string of the molecule is Cc1ccc2c3c1O[C@@H]1C(CO)=CC=C4[C@H](C2)N(CC2CCC2)CC[C@@]431. The van der Waals surface area contributed by atoms with E-state index in [2.05, 4.69) is 36.1 Å². The topological polar surface area (TPSA) is 32.7 Å². The largest absolute Gasteiger partial charge is 0.484 e. The lowest BCUT2D eigenvalue weighted by Crippen LogP contribution is -2.60. The van der Waals surface area contributed by atoms with E-state index in [1.165, 1.54) is 42.5 Å². The molecular formula is C23H27NO2. The third kappa shape index (κ3) is 1.76. The number of aliphatic hydroxyl groups excluding tert-OH is 1. The molecule has 136 valence electrons. The molecule has 1 saturated heterocycles. The number of piperidine rings is 1. The van der Waals surface area contributed by atoms with Crippen molar-refractivity contribution in [3.63, 3.8) is 0 Å². The van der Waals surface area contributed by atoms with Gasteiger partial charge in [-0.05, 0) is 60.8 Å². The Kier molecular flexibility index (Phi) is 3.12. The van der Waals surface area contributed by atoms with Gasteiger partial charge < -0.3 is 9.84 Å². The summed E-state index contributed by atoms with van der Waals surface area (Å²) in [6.45, 7) is 4.67. The van der Waals surface area contributed by atoms with Crippen molar-refractivity contribution < 1.29 is 9.84 Å². The Labute approximate surface area is 155 Å². The molecule has 1 aromatic carbocycles. The smallest absolute Gasteiger partial charge is 0.136 e. The zero-order valence-electron chi connectivity index (χ0n) is 15.5. The van der Waals surface area contributed by atoms with Crippen LogP contribution in [0.2, 0.25) is 0 Å². The van der Waals surface area contributed by atoms with Crippen LogP contribution in [0, 0.1) is 12.8 Å². The summed E-state index contributed by atoms with van der Waals surface area (Å²) in [6, 6.07) is 5.08. The van der Waals surface area contributed by atoms with Gasteiger partial charge in [0.05, 0.1) is 12.0 Å². The van der Waals surface area contributed by atoms with Gasteiger partial charge in [0.25, 0.3) is 0 Å². The average Bonchev–Trinajstić information content (AvgIpc) is 2.96. The normalized spacial score (nSPS) is 34.5. The molecule has 3 aliphatic carbocycles. The fraction of sp³-hybridized carbons (Fsp3) is 0.565. The lowest BCUT2D eigenvalue weighted by molar-refractivity contribution is 0.0678. The molecule has 1 spiro atoms. The van der Waals surface area contributed by atoms with E-state index in [0.29, 0.717) is 6.04 Å². The zero-order valence-corrected chi connectivity index (χ0v) is 15.5. The van der Waals surface area contributed by atoms with Gasteiger partial charge in [-0.3, -0.25) is 4.90 Å². The Morgan fingerprint density at radius 3 is 2.92 bits per heavy atom. The van der Waals surface area contributed by atoms with Crippen LogP contribution in [0.5, 0.6) is 5.75 Å². The Balaban J connectivity index is 1.52. The van der Waals surface area contributed by atoms with Crippen molar-refractivity contribution in [2.45, 2.75) is 56.6 Å². The number of nitrogens with zero attached hydrogens (tertiary/aromatic N) is 1. The molecule has 0 radical (unpaired) electrons. The summed E-state index contributed by atoms with van der Waals surface area (Å²) in [5.41, 5.74) is 6.74. The number of likely N-dealkylation sites (tertiary alicyclic amines) is 1. The van der Waals surface area contributed by atoms with Gasteiger partial charge in [-0.15, -0.1) is 0 Å². The highest BCUT2D eigenvalue weighted by molar-refractivity contribution is 5.66. The Hall–Kier alpha value is -1.58. The van der Waals surface area contributed by atoms with Crippen LogP contribution in [0.3, 0.4) is 0 Å². The molecule has 3 nitrogen and oxygen atoms in total. The van der Waals surface area contributed by atoms with Crippen LogP contribution in [0.25, 0.3) is 0 Å². The molecule has 2 aliphatic heterocycles. The van der Waals surface area contributed by atoms with E-state index in [1.54, 1.807) is 5.57 Å². The number of aliphatic hydroxyl groups is 1. The molecule has 0 amide bonds. The van der Waals surface area contributed by atoms with Crippen LogP contribution in [-0.2, 0) is 11.8 Å². The molecule has 5 aliphatic rings. The fourth-order valence-electron chi connectivity index (χ4n) is 6.30. The summed E-state index contributed by atoms with van der Waals surface area (Å²) in [6.07, 6.45) is 10.9. The number of benzene rings is 1. The average molecular weight is 349 g/mol. The van der Waals surface area contributed by atoms with Crippen molar-refractivity contribution in [2.24, 2.45) is 5.92 Å². The molecule has 0 aromatic heterocycles. The highest BCUT2D eigenvalue weighted by Crippen LogP contribution is 2.61. The summed E-state index contributed by atoms with van der Waals surface area (Å²) in [5.74, 6) is 2.01. The number of allylic oxidation sites excluding steroid dienone is 2. The minimum absolute atomic E-state index is 0.00370. The minimum atomic E-state index is -0.0253. The first kappa shape index (κ1) is 15.5. The second kappa shape index (κ2) is 5.24. The summed E-state index contributed by atoms with van der Waals surface area (Å²) in [4.78, 5) is 2.76. The van der Waals surface area contributed by atoms with Gasteiger partial charge in [0.15, 0.2) is 0 Å². The van der Waals surface area contributed by atoms with Crippen LogP contribution >= 0.6 is 0 Å². The van der Waals surface area contributed by atoms with E-state index >= 15 is 0 Å². The van der Waals surface area contributed by atoms with Gasteiger partial charge in [-0.2, -0.15) is 0 Å². The minimum Gasteiger partial charge on any atom is -0.484 e. The molecule has 0 unspecified atom stereocenters. The molecular weight excluding hydrogens is 322 g/mol. The van der Waals surface area contributed by atoms with E-state index in [0.717, 1.165) is 36.6 Å². The third-order valence-electron chi connectivity index (χ3n) is 7.81. The maximum Gasteiger partial charge on any atom is 0.136 e. The molecule has 2 heterocycles. The second-order valence-corrected chi connectivity index (χ2v) is 9.00. The first-order valence-electron chi connectivity index (χ1n) is 10.3. The maximum atomic E-state index is 9.98. The van der Waals surface area contributed by atoms with Gasteiger partial charge in [-0.25, -0.2) is 0 Å². The molecule has 26 heavy (non-hydrogen) atoms. The van der Waals surface area contributed by atoms with Gasteiger partial charge in [0.1, 0.15) is 11.9 Å². The first-order valence-corrected chi connectivity index (χ1v) is 10.3. The van der Waals surface area contributed by atoms with Crippen molar-refractivity contribution >= 4 is 0 Å². The van der Waals surface area contributed by atoms with Crippen molar-refractivity contribution in [3.05, 3.63) is 52.1 Å². The Bertz CT molecular complexity index is 850. The van der Waals surface area contributed by atoms with Crippen molar-refractivity contribution in [1.29, 1.82) is 0 Å². The van der Waals surface area contributed by atoms with Gasteiger partial charge >= 0.3 is 0 Å². The lowest BCUT2D eigenvalue weighted by Gasteiger charge is -2.54. The van der Waals surface area contributed by atoms with E-state index in [1.807, 2.05) is 0 Å². The fourth-order valence-corrected chi connectivity index (χ4v) is 6.30. The Morgan fingerprint density at radius 2 is 2.15 bits per heavy atom. The molecule has 1 aromatic rings. The number of rotatable bonds is 3. The van der Waals surface area contributed by atoms with Crippen LogP contribution < -0.4 is 4.74 Å². The molecule has 1 N–H and O–H groups in total. The van der Waals surface area contributed by atoms with E-state index in [9.17, 15) is 5.11 Å². The highest BCUT2D eigenvalue weighted by atomic mass is 16.5. The highest BCUT2D eigenvalue weighted by Gasteiger charge is 2.61. The lowest BCUT2D eigenvalue weighted by atomic mass is 9.56. The zero-order chi connectivity index (χ0) is 17.5. The van der Waals surface area contributed by atoms with E-state index in [4.69, 9.17) is 4.74 Å². The maximum absolute atomic E-state index is 9.98. The predicted molar refractivity (Wildman–Crippen MR) is 102 cm³/mol. The van der Waals surface area contributed by atoms with Gasteiger partial charge in [0, 0.05) is 24.7 Å². The third-order valence-corrected chi connectivity index (χ3v) is 7.81. The van der Waals surface area contributed by atoms with Crippen molar-refractivity contribution in [1.82, 2.24) is 4.90 Å². The molecule has 1 saturated carbocycles. The number of hydrogen-bond acceptors (Lipinski definition) is 3. The Morgan fingerprint density at radius 1 is 1.27 bits per heavy atom. The quantitative estimate of drug-likeness (QED) is 0.909. The monoisotopic (exact) mass is 349 g/mol. The van der Waals surface area contributed by atoms with Gasteiger partial charge in [-0.1, -0.05) is 30.7 Å². The van der Waals surface area contributed by atoms with Crippen LogP contribution in [0.4, 0.5) is 0 Å². The molecule has 6 rings (SSSR count). The van der Waals surface area contributed by atoms with Crippen LogP contribution in [0.15, 0.2) is 35.4 Å². The number of ether oxygens (including phenoxy) is 1. The number of hydrogen-bond donors (Lipinski definition) is 1. The summed E-state index contributed by atoms with van der Waals surface area (Å²) >= 11 is 0. The van der Waals surface area contributed by atoms with E-state index < -0.39 is 0 Å². The van der Waals surface area contributed by atoms with Crippen LogP contribution in [-0.4, -0.2) is 41.8 Å². The summed E-state index contributed by atoms with van der Waals surface area (Å²) < 4.78 is 6.57. The van der Waals surface area contributed by atoms with Crippen molar-refractivity contribution in [3.8, 4) is 5.75 Å². The van der Waals surface area contributed by atoms with Gasteiger partial charge in [0.2, 0.25) is 0 Å².